The molecule has 0 radical (unpaired) electrons. The molecule has 0 bridgehead atoms. The van der Waals surface area contributed by atoms with Crippen LogP contribution in [0.25, 0.3) is 0 Å². The minimum Gasteiger partial charge on any atom is -0.376 e. The maximum atomic E-state index is 12.2. The minimum atomic E-state index is 0. The number of carbonyl (C=O) groups is 1. The molecule has 120 valence electrons. The SMILES string of the molecule is Cc1cccc(C)c1NCC(=O)N1CCNCC1C.Cl.Cl. The molecule has 1 atom stereocenters. The first-order valence-corrected chi connectivity index (χ1v) is 6.90. The Labute approximate surface area is 139 Å². The Hall–Kier alpha value is -0.970. The van der Waals surface area contributed by atoms with E-state index in [2.05, 4.69) is 43.5 Å². The lowest BCUT2D eigenvalue weighted by molar-refractivity contribution is -0.132. The van der Waals surface area contributed by atoms with Gasteiger partial charge in [-0.2, -0.15) is 0 Å². The Bertz CT molecular complexity index is 448. The summed E-state index contributed by atoms with van der Waals surface area (Å²) in [5, 5.41) is 6.58. The Morgan fingerprint density at radius 2 is 1.95 bits per heavy atom. The second-order valence-electron chi connectivity index (χ2n) is 5.26. The van der Waals surface area contributed by atoms with Gasteiger partial charge in [0.25, 0.3) is 0 Å². The Morgan fingerprint density at radius 3 is 2.52 bits per heavy atom. The van der Waals surface area contributed by atoms with Crippen LogP contribution in [-0.2, 0) is 4.79 Å². The van der Waals surface area contributed by atoms with Gasteiger partial charge in [0.2, 0.25) is 5.91 Å². The van der Waals surface area contributed by atoms with E-state index in [1.165, 1.54) is 11.1 Å². The molecule has 21 heavy (non-hydrogen) atoms. The number of aryl methyl sites for hydroxylation is 2. The van der Waals surface area contributed by atoms with E-state index in [1.54, 1.807) is 0 Å². The van der Waals surface area contributed by atoms with E-state index in [4.69, 9.17) is 0 Å². The summed E-state index contributed by atoms with van der Waals surface area (Å²) in [7, 11) is 0. The Balaban J connectivity index is 0.00000200. The van der Waals surface area contributed by atoms with Gasteiger partial charge in [-0.15, -0.1) is 24.8 Å². The fourth-order valence-corrected chi connectivity index (χ4v) is 2.57. The van der Waals surface area contributed by atoms with Gasteiger partial charge in [-0.3, -0.25) is 4.79 Å². The Morgan fingerprint density at radius 1 is 1.33 bits per heavy atom. The maximum absolute atomic E-state index is 12.2. The topological polar surface area (TPSA) is 44.4 Å². The second-order valence-corrected chi connectivity index (χ2v) is 5.26. The molecule has 1 fully saturated rings. The molecule has 0 saturated carbocycles. The quantitative estimate of drug-likeness (QED) is 0.892. The second kappa shape index (κ2) is 9.13. The molecule has 2 N–H and O–H groups in total. The first kappa shape index (κ1) is 20.0. The van der Waals surface area contributed by atoms with Crippen LogP contribution in [0, 0.1) is 13.8 Å². The lowest BCUT2D eigenvalue weighted by atomic mass is 10.1. The summed E-state index contributed by atoms with van der Waals surface area (Å²) in [4.78, 5) is 14.2. The van der Waals surface area contributed by atoms with Crippen molar-refractivity contribution in [3.8, 4) is 0 Å². The zero-order chi connectivity index (χ0) is 13.8. The van der Waals surface area contributed by atoms with Crippen LogP contribution in [0.1, 0.15) is 18.1 Å². The molecule has 0 aliphatic carbocycles. The number of carbonyl (C=O) groups excluding carboxylic acids is 1. The number of nitrogens with zero attached hydrogens (tertiary/aromatic N) is 1. The highest BCUT2D eigenvalue weighted by molar-refractivity contribution is 5.85. The zero-order valence-corrected chi connectivity index (χ0v) is 14.4. The monoisotopic (exact) mass is 333 g/mol. The fraction of sp³-hybridized carbons (Fsp3) is 0.533. The predicted molar refractivity (Wildman–Crippen MR) is 92.9 cm³/mol. The van der Waals surface area contributed by atoms with E-state index in [0.29, 0.717) is 6.54 Å². The van der Waals surface area contributed by atoms with Crippen molar-refractivity contribution >= 4 is 36.4 Å². The normalized spacial score (nSPS) is 17.5. The first-order chi connectivity index (χ1) is 9.09. The summed E-state index contributed by atoms with van der Waals surface area (Å²) in [6, 6.07) is 6.44. The molecule has 1 saturated heterocycles. The van der Waals surface area contributed by atoms with Crippen LogP contribution in [0.4, 0.5) is 5.69 Å². The zero-order valence-electron chi connectivity index (χ0n) is 12.8. The predicted octanol–water partition coefficient (Wildman–Crippen LogP) is 2.38. The molecule has 1 amide bonds. The first-order valence-electron chi connectivity index (χ1n) is 6.90. The summed E-state index contributed by atoms with van der Waals surface area (Å²) in [6.07, 6.45) is 0. The van der Waals surface area contributed by atoms with Crippen LogP contribution in [-0.4, -0.2) is 43.0 Å². The summed E-state index contributed by atoms with van der Waals surface area (Å²) >= 11 is 0. The van der Waals surface area contributed by atoms with Crippen molar-refractivity contribution in [3.05, 3.63) is 29.3 Å². The van der Waals surface area contributed by atoms with Gasteiger partial charge in [0.1, 0.15) is 0 Å². The van der Waals surface area contributed by atoms with Crippen molar-refractivity contribution in [3.63, 3.8) is 0 Å². The molecule has 1 aliphatic heterocycles. The van der Waals surface area contributed by atoms with E-state index in [-0.39, 0.29) is 36.8 Å². The molecular formula is C15H25Cl2N3O. The van der Waals surface area contributed by atoms with Crippen LogP contribution in [0.3, 0.4) is 0 Å². The molecule has 4 nitrogen and oxygen atoms in total. The number of nitrogens with one attached hydrogen (secondary N) is 2. The molecule has 0 aromatic heterocycles. The van der Waals surface area contributed by atoms with Gasteiger partial charge >= 0.3 is 0 Å². The summed E-state index contributed by atoms with van der Waals surface area (Å²) in [5.74, 6) is 0.177. The van der Waals surface area contributed by atoms with Gasteiger partial charge in [0.15, 0.2) is 0 Å². The van der Waals surface area contributed by atoms with Crippen LogP contribution >= 0.6 is 24.8 Å². The van der Waals surface area contributed by atoms with E-state index >= 15 is 0 Å². The molecule has 1 heterocycles. The number of piperazine rings is 1. The van der Waals surface area contributed by atoms with Crippen molar-refractivity contribution in [1.82, 2.24) is 10.2 Å². The van der Waals surface area contributed by atoms with E-state index in [9.17, 15) is 4.79 Å². The molecule has 6 heteroatoms. The summed E-state index contributed by atoms with van der Waals surface area (Å²) in [5.41, 5.74) is 3.45. The van der Waals surface area contributed by atoms with Crippen LogP contribution in [0.2, 0.25) is 0 Å². The molecule has 2 rings (SSSR count). The third kappa shape index (κ3) is 5.06. The van der Waals surface area contributed by atoms with Crippen LogP contribution in [0.5, 0.6) is 0 Å². The van der Waals surface area contributed by atoms with Crippen molar-refractivity contribution in [2.75, 3.05) is 31.5 Å². The smallest absolute Gasteiger partial charge is 0.242 e. The van der Waals surface area contributed by atoms with Gasteiger partial charge in [-0.05, 0) is 31.9 Å². The van der Waals surface area contributed by atoms with Crippen LogP contribution in [0.15, 0.2) is 18.2 Å². The highest BCUT2D eigenvalue weighted by Crippen LogP contribution is 2.19. The summed E-state index contributed by atoms with van der Waals surface area (Å²) in [6.45, 7) is 9.16. The van der Waals surface area contributed by atoms with Gasteiger partial charge < -0.3 is 15.5 Å². The minimum absolute atomic E-state index is 0. The van der Waals surface area contributed by atoms with Gasteiger partial charge in [0, 0.05) is 31.4 Å². The van der Waals surface area contributed by atoms with Gasteiger partial charge in [-0.25, -0.2) is 0 Å². The molecule has 1 aromatic carbocycles. The lowest BCUT2D eigenvalue weighted by Gasteiger charge is -2.34. The molecule has 1 unspecified atom stereocenters. The van der Waals surface area contributed by atoms with Crippen LogP contribution < -0.4 is 10.6 Å². The number of halogens is 2. The third-order valence-electron chi connectivity index (χ3n) is 3.72. The maximum Gasteiger partial charge on any atom is 0.242 e. The molecular weight excluding hydrogens is 309 g/mol. The van der Waals surface area contributed by atoms with Crippen molar-refractivity contribution in [2.24, 2.45) is 0 Å². The number of amides is 1. The fourth-order valence-electron chi connectivity index (χ4n) is 2.57. The van der Waals surface area contributed by atoms with Gasteiger partial charge in [-0.1, -0.05) is 18.2 Å². The largest absolute Gasteiger partial charge is 0.376 e. The average Bonchev–Trinajstić information content (AvgIpc) is 2.38. The number of benzene rings is 1. The number of rotatable bonds is 3. The molecule has 1 aliphatic rings. The average molecular weight is 334 g/mol. The van der Waals surface area contributed by atoms with E-state index in [1.807, 2.05) is 11.0 Å². The van der Waals surface area contributed by atoms with Crippen molar-refractivity contribution in [1.29, 1.82) is 0 Å². The number of para-hydroxylation sites is 1. The van der Waals surface area contributed by atoms with Crippen molar-refractivity contribution in [2.45, 2.75) is 26.8 Å². The molecule has 0 spiro atoms. The lowest BCUT2D eigenvalue weighted by Crippen LogP contribution is -2.53. The highest BCUT2D eigenvalue weighted by atomic mass is 35.5. The van der Waals surface area contributed by atoms with Crippen molar-refractivity contribution < 1.29 is 4.79 Å². The Kier molecular flexibility index (Phi) is 8.71. The number of hydrogen-bond donors (Lipinski definition) is 2. The van der Waals surface area contributed by atoms with Gasteiger partial charge in [0.05, 0.1) is 6.54 Å². The highest BCUT2D eigenvalue weighted by Gasteiger charge is 2.22. The van der Waals surface area contributed by atoms with E-state index in [0.717, 1.165) is 25.3 Å². The number of hydrogen-bond acceptors (Lipinski definition) is 3. The standard InChI is InChI=1S/C15H23N3O.2ClH/c1-11-5-4-6-12(2)15(11)17-10-14(19)18-8-7-16-9-13(18)3;;/h4-6,13,16-17H,7-10H2,1-3H3;2*1H. The summed E-state index contributed by atoms with van der Waals surface area (Å²) < 4.78 is 0. The third-order valence-corrected chi connectivity index (χ3v) is 3.72. The number of anilines is 1. The van der Waals surface area contributed by atoms with E-state index < -0.39 is 0 Å². The molecule has 1 aromatic rings.